The molecule has 0 bridgehead atoms. The van der Waals surface area contributed by atoms with E-state index in [2.05, 4.69) is 5.32 Å². The van der Waals surface area contributed by atoms with Gasteiger partial charge < -0.3 is 20.5 Å². The van der Waals surface area contributed by atoms with Crippen LogP contribution in [0, 0.1) is 5.92 Å². The van der Waals surface area contributed by atoms with Gasteiger partial charge in [0.05, 0.1) is 24.8 Å². The lowest BCUT2D eigenvalue weighted by molar-refractivity contribution is -0.120. The number of pyridine rings is 1. The van der Waals surface area contributed by atoms with Crippen LogP contribution in [0.15, 0.2) is 59.5 Å². The zero-order valence-corrected chi connectivity index (χ0v) is 22.1. The molecule has 11 heteroatoms. The lowest BCUT2D eigenvalue weighted by atomic mass is 9.91. The van der Waals surface area contributed by atoms with Crippen molar-refractivity contribution in [1.82, 2.24) is 4.57 Å². The van der Waals surface area contributed by atoms with Crippen LogP contribution >= 0.6 is 11.6 Å². The molecule has 0 saturated carbocycles. The predicted molar refractivity (Wildman–Crippen MR) is 144 cm³/mol. The van der Waals surface area contributed by atoms with Crippen molar-refractivity contribution in [3.63, 3.8) is 0 Å². The van der Waals surface area contributed by atoms with E-state index < -0.39 is 41.9 Å². The van der Waals surface area contributed by atoms with Gasteiger partial charge in [-0.05, 0) is 60.9 Å². The molecule has 0 saturated heterocycles. The molecule has 1 aliphatic rings. The molecule has 2 amide bonds. The third-order valence-electron chi connectivity index (χ3n) is 6.73. The molecular weight excluding hydrogens is 532 g/mol. The molecule has 1 aliphatic heterocycles. The first-order chi connectivity index (χ1) is 18.6. The number of fused-ring (bicyclic) bond motifs is 3. The van der Waals surface area contributed by atoms with Crippen molar-refractivity contribution in [2.24, 2.45) is 11.7 Å². The van der Waals surface area contributed by atoms with Gasteiger partial charge in [0.15, 0.2) is 0 Å². The summed E-state index contributed by atoms with van der Waals surface area (Å²) in [4.78, 5) is 38.2. The Morgan fingerprint density at radius 1 is 1.18 bits per heavy atom. The summed E-state index contributed by atoms with van der Waals surface area (Å²) in [5.74, 6) is -2.02. The van der Waals surface area contributed by atoms with Crippen molar-refractivity contribution in [2.45, 2.75) is 38.3 Å². The van der Waals surface area contributed by atoms with Gasteiger partial charge in [0, 0.05) is 41.4 Å². The molecule has 2 aromatic carbocycles. The predicted octanol–water partition coefficient (Wildman–Crippen LogP) is 4.69. The number of ether oxygens (including phenoxy) is 2. The number of hydrogen-bond acceptors (Lipinski definition) is 5. The van der Waals surface area contributed by atoms with Gasteiger partial charge in [0.2, 0.25) is 18.2 Å². The van der Waals surface area contributed by atoms with Gasteiger partial charge in [0.1, 0.15) is 11.8 Å². The summed E-state index contributed by atoms with van der Waals surface area (Å²) in [5.41, 5.74) is 6.98. The molecule has 3 atom stereocenters. The van der Waals surface area contributed by atoms with Gasteiger partial charge in [-0.15, -0.1) is 0 Å². The minimum absolute atomic E-state index is 0.0532. The fraction of sp³-hybridized carbons (Fsp3) is 0.321. The molecule has 0 fully saturated rings. The number of carbonyl (C=O) groups excluding carboxylic acids is 2. The van der Waals surface area contributed by atoms with Crippen LogP contribution in [-0.2, 0) is 16.0 Å². The van der Waals surface area contributed by atoms with Crippen molar-refractivity contribution in [1.29, 1.82) is 0 Å². The molecule has 2 heterocycles. The average Bonchev–Trinajstić information content (AvgIpc) is 2.89. The SMILES string of the molecule is CO[C@@H](C)C[C@@H](C(=O)Nc1ccc(C(N)=O)cc1)n1cc2c(cc1=O)-c1cc(Cl)ccc1C[C@@H](C(F)F)CO2. The quantitative estimate of drug-likeness (QED) is 0.416. The number of rotatable bonds is 8. The van der Waals surface area contributed by atoms with Crippen LogP contribution in [0.3, 0.4) is 0 Å². The monoisotopic (exact) mass is 559 g/mol. The van der Waals surface area contributed by atoms with Gasteiger partial charge in [-0.25, -0.2) is 8.78 Å². The maximum absolute atomic E-state index is 13.8. The summed E-state index contributed by atoms with van der Waals surface area (Å²) in [6.07, 6.45) is -1.47. The third-order valence-corrected chi connectivity index (χ3v) is 6.97. The Bertz CT molecular complexity index is 1430. The summed E-state index contributed by atoms with van der Waals surface area (Å²) in [6, 6.07) is 11.2. The minimum Gasteiger partial charge on any atom is -0.491 e. The van der Waals surface area contributed by atoms with Crippen molar-refractivity contribution < 1.29 is 27.8 Å². The Morgan fingerprint density at radius 2 is 1.90 bits per heavy atom. The highest BCUT2D eigenvalue weighted by molar-refractivity contribution is 6.30. The van der Waals surface area contributed by atoms with Crippen LogP contribution in [0.4, 0.5) is 14.5 Å². The number of nitrogens with two attached hydrogens (primary N) is 1. The molecular formula is C28H28ClF2N3O5. The number of halogens is 3. The topological polar surface area (TPSA) is 113 Å². The van der Waals surface area contributed by atoms with Gasteiger partial charge in [-0.3, -0.25) is 19.0 Å². The normalized spacial score (nSPS) is 16.2. The maximum Gasteiger partial charge on any atom is 0.252 e. The van der Waals surface area contributed by atoms with Crippen molar-refractivity contribution in [3.05, 3.63) is 81.2 Å². The van der Waals surface area contributed by atoms with Gasteiger partial charge in [0.25, 0.3) is 5.56 Å². The second-order valence-electron chi connectivity index (χ2n) is 9.44. The number of nitrogens with zero attached hydrogens (tertiary/aromatic N) is 1. The number of hydrogen-bond donors (Lipinski definition) is 2. The van der Waals surface area contributed by atoms with Crippen LogP contribution in [0.25, 0.3) is 11.1 Å². The summed E-state index contributed by atoms with van der Waals surface area (Å²) >= 11 is 6.21. The minimum atomic E-state index is -2.62. The van der Waals surface area contributed by atoms with E-state index in [1.807, 2.05) is 0 Å². The summed E-state index contributed by atoms with van der Waals surface area (Å²) < 4.78 is 39.9. The lowest BCUT2D eigenvalue weighted by Crippen LogP contribution is -2.35. The van der Waals surface area contributed by atoms with Crippen LogP contribution in [0.5, 0.6) is 5.75 Å². The molecule has 1 aromatic heterocycles. The molecule has 39 heavy (non-hydrogen) atoms. The largest absolute Gasteiger partial charge is 0.491 e. The zero-order valence-electron chi connectivity index (χ0n) is 21.3. The standard InChI is InChI=1S/C28H28ClF2N3O5/c1-15(38-2)9-23(28(37)33-20-7-4-16(5-8-20)27(32)36)34-13-24-22(12-25(34)35)21-11-19(29)6-3-17(21)10-18(14-39-24)26(30)31/h3-8,11-13,15,18,23,26H,9-10,14H2,1-2H3,(H2,32,36)(H,33,37)/t15-,18+,23-/m0/s1. The molecule has 0 spiro atoms. The second-order valence-corrected chi connectivity index (χ2v) is 9.87. The number of aromatic nitrogens is 1. The number of primary amides is 1. The van der Waals surface area contributed by atoms with Crippen LogP contribution in [0.2, 0.25) is 5.02 Å². The van der Waals surface area contributed by atoms with Crippen LogP contribution < -0.4 is 21.3 Å². The lowest BCUT2D eigenvalue weighted by Gasteiger charge is -2.27. The molecule has 0 aliphatic carbocycles. The zero-order chi connectivity index (χ0) is 28.3. The van der Waals surface area contributed by atoms with Gasteiger partial charge in [-0.1, -0.05) is 17.7 Å². The number of methoxy groups -OCH3 is 1. The van der Waals surface area contributed by atoms with E-state index in [9.17, 15) is 23.2 Å². The fourth-order valence-electron chi connectivity index (χ4n) is 4.48. The number of benzene rings is 2. The first-order valence-electron chi connectivity index (χ1n) is 12.3. The first-order valence-corrected chi connectivity index (χ1v) is 12.6. The van der Waals surface area contributed by atoms with Gasteiger partial charge in [-0.2, -0.15) is 0 Å². The molecule has 3 aromatic rings. The second kappa shape index (κ2) is 12.0. The van der Waals surface area contributed by atoms with E-state index in [0.717, 1.165) is 0 Å². The Labute approximate surface area is 228 Å². The summed E-state index contributed by atoms with van der Waals surface area (Å²) in [5, 5.41) is 3.13. The molecule has 0 unspecified atom stereocenters. The number of anilines is 1. The molecule has 8 nitrogen and oxygen atoms in total. The summed E-state index contributed by atoms with van der Waals surface area (Å²) in [6.45, 7) is 1.48. The van der Waals surface area contributed by atoms with E-state index in [1.54, 1.807) is 25.1 Å². The molecule has 206 valence electrons. The Morgan fingerprint density at radius 3 is 2.54 bits per heavy atom. The highest BCUT2D eigenvalue weighted by Gasteiger charge is 2.30. The van der Waals surface area contributed by atoms with Crippen LogP contribution in [-0.4, -0.2) is 42.6 Å². The Hall–Kier alpha value is -3.76. The number of amides is 2. The highest BCUT2D eigenvalue weighted by Crippen LogP contribution is 2.38. The van der Waals surface area contributed by atoms with E-state index >= 15 is 0 Å². The third kappa shape index (κ3) is 6.46. The number of nitrogens with one attached hydrogen (secondary N) is 1. The van der Waals surface area contributed by atoms with Crippen molar-refractivity contribution in [3.8, 4) is 16.9 Å². The first kappa shape index (κ1) is 28.3. The van der Waals surface area contributed by atoms with E-state index in [4.69, 9.17) is 26.8 Å². The molecule has 3 N–H and O–H groups in total. The average molecular weight is 560 g/mol. The molecule has 0 radical (unpaired) electrons. The van der Waals surface area contributed by atoms with Crippen LogP contribution in [0.1, 0.15) is 35.3 Å². The fourth-order valence-corrected chi connectivity index (χ4v) is 4.65. The Balaban J connectivity index is 1.76. The highest BCUT2D eigenvalue weighted by atomic mass is 35.5. The van der Waals surface area contributed by atoms with Gasteiger partial charge >= 0.3 is 0 Å². The van der Waals surface area contributed by atoms with Crippen molar-refractivity contribution >= 4 is 29.1 Å². The smallest absolute Gasteiger partial charge is 0.252 e. The number of alkyl halides is 2. The number of carbonyl (C=O) groups is 2. The van der Waals surface area contributed by atoms with E-state index in [0.29, 0.717) is 27.4 Å². The van der Waals surface area contributed by atoms with Crippen molar-refractivity contribution in [2.75, 3.05) is 19.0 Å². The van der Waals surface area contributed by atoms with E-state index in [1.165, 1.54) is 48.2 Å². The Kier molecular flexibility index (Phi) is 8.66. The van der Waals surface area contributed by atoms with E-state index in [-0.39, 0.29) is 30.8 Å². The maximum atomic E-state index is 13.8. The summed E-state index contributed by atoms with van der Waals surface area (Å²) in [7, 11) is 1.49. The molecule has 4 rings (SSSR count).